The Balaban J connectivity index is 1.77. The molecule has 0 saturated carbocycles. The Morgan fingerprint density at radius 3 is 1.05 bits per heavy atom. The van der Waals surface area contributed by atoms with Gasteiger partial charge in [0.1, 0.15) is 0 Å². The van der Waals surface area contributed by atoms with Crippen LogP contribution in [0.15, 0.2) is 72.8 Å². The van der Waals surface area contributed by atoms with Crippen molar-refractivity contribution >= 4 is 33.5 Å². The lowest BCUT2D eigenvalue weighted by Gasteiger charge is -2.40. The highest BCUT2D eigenvalue weighted by Crippen LogP contribution is 2.54. The van der Waals surface area contributed by atoms with Gasteiger partial charge in [0.25, 0.3) is 0 Å². The van der Waals surface area contributed by atoms with E-state index in [2.05, 4.69) is 128 Å². The second-order valence-electron chi connectivity index (χ2n) is 11.8. The maximum atomic E-state index is 5.55. The number of benzene rings is 4. The minimum absolute atomic E-state index is 0.377. The molecule has 0 radical (unpaired) electrons. The highest BCUT2D eigenvalue weighted by atomic mass is 15.0. The average Bonchev–Trinajstić information content (AvgIpc) is 3.17. The first-order chi connectivity index (χ1) is 18.2. The van der Waals surface area contributed by atoms with Crippen LogP contribution < -0.4 is 0 Å². The molecule has 4 aromatic rings. The molecule has 5 rings (SSSR count). The number of hydrogen-bond acceptors (Lipinski definition) is 0. The molecule has 1 aliphatic rings. The summed E-state index contributed by atoms with van der Waals surface area (Å²) in [6.45, 7) is 18.1. The van der Waals surface area contributed by atoms with Crippen molar-refractivity contribution in [1.82, 2.24) is 0 Å². The van der Waals surface area contributed by atoms with E-state index < -0.39 is 0 Å². The van der Waals surface area contributed by atoms with Crippen LogP contribution in [0.4, 0.5) is 11.4 Å². The van der Waals surface area contributed by atoms with Crippen LogP contribution in [0, 0.1) is 0 Å². The molecular formula is C36H40N2-2. The van der Waals surface area contributed by atoms with E-state index >= 15 is 0 Å². The summed E-state index contributed by atoms with van der Waals surface area (Å²) in [6, 6.07) is 26.5. The van der Waals surface area contributed by atoms with Gasteiger partial charge in [-0.15, -0.1) is 22.8 Å². The summed E-state index contributed by atoms with van der Waals surface area (Å²) >= 11 is 0. The first-order valence-corrected chi connectivity index (χ1v) is 14.1. The molecule has 0 unspecified atom stereocenters. The summed E-state index contributed by atoms with van der Waals surface area (Å²) < 4.78 is 0. The Bertz CT molecular complexity index is 1360. The molecule has 38 heavy (non-hydrogen) atoms. The van der Waals surface area contributed by atoms with Gasteiger partial charge in [0.2, 0.25) is 0 Å². The minimum atomic E-state index is 0.377. The molecule has 0 atom stereocenters. The van der Waals surface area contributed by atoms with Gasteiger partial charge in [-0.2, -0.15) is 0 Å². The first kappa shape index (κ1) is 26.1. The van der Waals surface area contributed by atoms with Crippen LogP contribution in [0.3, 0.4) is 0 Å². The number of nitrogens with zero attached hydrogens (tertiary/aromatic N) is 2. The van der Waals surface area contributed by atoms with Gasteiger partial charge in [0, 0.05) is 0 Å². The molecule has 2 nitrogen and oxygen atoms in total. The van der Waals surface area contributed by atoms with Crippen molar-refractivity contribution in [3.63, 3.8) is 0 Å². The molecule has 0 aromatic heterocycles. The number of hydrogen-bond donors (Lipinski definition) is 0. The number of rotatable bonds is 8. The van der Waals surface area contributed by atoms with Gasteiger partial charge in [-0.3, -0.25) is 0 Å². The Morgan fingerprint density at radius 1 is 0.421 bits per heavy atom. The predicted octanol–water partition coefficient (Wildman–Crippen LogP) is 11.9. The van der Waals surface area contributed by atoms with Gasteiger partial charge in [-0.05, 0) is 45.6 Å². The third-order valence-electron chi connectivity index (χ3n) is 7.77. The third kappa shape index (κ3) is 4.51. The fraction of sp³-hybridized carbons (Fsp3) is 0.333. The fourth-order valence-corrected chi connectivity index (χ4v) is 5.72. The lowest BCUT2D eigenvalue weighted by molar-refractivity contribution is 0.840. The topological polar surface area (TPSA) is 28.2 Å². The van der Waals surface area contributed by atoms with Gasteiger partial charge >= 0.3 is 0 Å². The zero-order chi connectivity index (χ0) is 27.1. The van der Waals surface area contributed by atoms with Crippen molar-refractivity contribution in [2.75, 3.05) is 0 Å². The molecule has 0 aliphatic heterocycles. The van der Waals surface area contributed by atoms with Crippen LogP contribution in [-0.2, 0) is 0 Å². The van der Waals surface area contributed by atoms with Crippen LogP contribution in [0.2, 0.25) is 0 Å². The van der Waals surface area contributed by atoms with Gasteiger partial charge in [-0.1, -0.05) is 150 Å². The van der Waals surface area contributed by atoms with Gasteiger partial charge in [-0.25, -0.2) is 0 Å². The summed E-state index contributed by atoms with van der Waals surface area (Å²) in [5.41, 5.74) is 11.7. The Kier molecular flexibility index (Phi) is 7.09. The quantitative estimate of drug-likeness (QED) is 0.230. The predicted molar refractivity (Wildman–Crippen MR) is 166 cm³/mol. The molecule has 0 heterocycles. The molecule has 1 aliphatic carbocycles. The molecule has 2 heteroatoms. The first-order valence-electron chi connectivity index (χ1n) is 14.1. The molecule has 0 fully saturated rings. The maximum Gasteiger partial charge on any atom is -0.00642 e. The smallest absolute Gasteiger partial charge is 0.00642 e. The van der Waals surface area contributed by atoms with Crippen molar-refractivity contribution in [3.8, 4) is 0 Å². The second kappa shape index (κ2) is 10.3. The molecule has 4 aromatic carbocycles. The largest absolute Gasteiger partial charge is 0.658 e. The average molecular weight is 501 g/mol. The maximum absolute atomic E-state index is 5.55. The standard InChI is InChI=1S/C36H40N2/c1-21(2)26-15-11-16-27(22(3)4)33(26)37-35-30-19-9-13-25-14-10-20-31(32(25)30)36(35)38-34-28(23(5)6)17-12-18-29(34)24(7)8/h9-24H,1-8H3/q-2. The summed E-state index contributed by atoms with van der Waals surface area (Å²) in [6.07, 6.45) is 0. The normalized spacial score (nSPS) is 13.1. The summed E-state index contributed by atoms with van der Waals surface area (Å²) in [4.78, 5) is 0. The molecule has 196 valence electrons. The van der Waals surface area contributed by atoms with E-state index in [0.717, 1.165) is 22.8 Å². The minimum Gasteiger partial charge on any atom is -0.658 e. The van der Waals surface area contributed by atoms with Crippen LogP contribution in [-0.4, -0.2) is 0 Å². The summed E-state index contributed by atoms with van der Waals surface area (Å²) in [7, 11) is 0. The van der Waals surface area contributed by atoms with Gasteiger partial charge in [0.15, 0.2) is 0 Å². The summed E-state index contributed by atoms with van der Waals surface area (Å²) in [5.74, 6) is 1.51. The Labute approximate surface area is 229 Å². The van der Waals surface area contributed by atoms with Crippen LogP contribution in [0.1, 0.15) is 112 Å². The second-order valence-corrected chi connectivity index (χ2v) is 11.8. The Hall–Kier alpha value is -3.52. The molecule has 0 bridgehead atoms. The van der Waals surface area contributed by atoms with Crippen molar-refractivity contribution in [2.24, 2.45) is 0 Å². The lowest BCUT2D eigenvalue weighted by atomic mass is 9.92. The van der Waals surface area contributed by atoms with E-state index in [9.17, 15) is 0 Å². The highest BCUT2D eigenvalue weighted by molar-refractivity contribution is 6.20. The van der Waals surface area contributed by atoms with E-state index in [1.54, 1.807) is 0 Å². The monoisotopic (exact) mass is 500 g/mol. The molecule has 0 saturated heterocycles. The van der Waals surface area contributed by atoms with Crippen molar-refractivity contribution in [3.05, 3.63) is 117 Å². The van der Waals surface area contributed by atoms with Gasteiger partial charge in [0.05, 0.1) is 0 Å². The van der Waals surface area contributed by atoms with Gasteiger partial charge < -0.3 is 10.6 Å². The Morgan fingerprint density at radius 2 is 0.737 bits per heavy atom. The molecule has 0 amide bonds. The molecular weight excluding hydrogens is 460 g/mol. The van der Waals surface area contributed by atoms with Crippen LogP contribution in [0.5, 0.6) is 0 Å². The van der Waals surface area contributed by atoms with E-state index in [4.69, 9.17) is 10.6 Å². The van der Waals surface area contributed by atoms with E-state index in [0.29, 0.717) is 23.7 Å². The van der Waals surface area contributed by atoms with E-state index in [1.165, 1.54) is 44.2 Å². The van der Waals surface area contributed by atoms with Crippen molar-refractivity contribution in [1.29, 1.82) is 0 Å². The van der Waals surface area contributed by atoms with Crippen molar-refractivity contribution < 1.29 is 0 Å². The van der Waals surface area contributed by atoms with Crippen LogP contribution >= 0.6 is 0 Å². The van der Waals surface area contributed by atoms with E-state index in [-0.39, 0.29) is 0 Å². The van der Waals surface area contributed by atoms with E-state index in [1.807, 2.05) is 0 Å². The molecule has 0 spiro atoms. The van der Waals surface area contributed by atoms with Crippen LogP contribution in [0.25, 0.3) is 32.8 Å². The number of para-hydroxylation sites is 2. The van der Waals surface area contributed by atoms with Crippen molar-refractivity contribution in [2.45, 2.75) is 79.1 Å². The SMILES string of the molecule is CC(C)c1cccc(C(C)C)c1[N-]C1=C([N-]c2c(C(C)C)cccc2C(C)C)c2cccc3cccc1c23. The summed E-state index contributed by atoms with van der Waals surface area (Å²) in [5, 5.41) is 13.6. The highest BCUT2D eigenvalue weighted by Gasteiger charge is 2.18. The lowest BCUT2D eigenvalue weighted by Crippen LogP contribution is -1.98. The third-order valence-corrected chi connectivity index (χ3v) is 7.77. The zero-order valence-electron chi connectivity index (χ0n) is 24.1. The zero-order valence-corrected chi connectivity index (χ0v) is 24.1. The molecule has 0 N–H and O–H groups in total. The fourth-order valence-electron chi connectivity index (χ4n) is 5.72.